The largest absolute Gasteiger partial charge is 0.400 e. The lowest BCUT2D eigenvalue weighted by atomic mass is 10.1. The minimum Gasteiger partial charge on any atom is -0.400 e. The molecule has 0 fully saturated rings. The van der Waals surface area contributed by atoms with Crippen LogP contribution in [0.2, 0.25) is 0 Å². The van der Waals surface area contributed by atoms with Crippen molar-refractivity contribution >= 4 is 17.5 Å². The molecule has 8 nitrogen and oxygen atoms in total. The zero-order chi connectivity index (χ0) is 21.8. The summed E-state index contributed by atoms with van der Waals surface area (Å²) < 4.78 is 13.3. The van der Waals surface area contributed by atoms with Crippen molar-refractivity contribution in [2.75, 3.05) is 17.7 Å². The molecule has 3 heterocycles. The predicted molar refractivity (Wildman–Crippen MR) is 116 cm³/mol. The Morgan fingerprint density at radius 2 is 1.74 bits per heavy atom. The number of hydrogen-bond acceptors (Lipinski definition) is 7. The van der Waals surface area contributed by atoms with Gasteiger partial charge in [0.2, 0.25) is 0 Å². The fourth-order valence-corrected chi connectivity index (χ4v) is 3.03. The van der Waals surface area contributed by atoms with E-state index in [1.165, 1.54) is 17.0 Å². The van der Waals surface area contributed by atoms with E-state index < -0.39 is 0 Å². The minimum absolute atomic E-state index is 0.0861. The molecule has 4 aromatic rings. The summed E-state index contributed by atoms with van der Waals surface area (Å²) in [5.41, 5.74) is 3.52. The first kappa shape index (κ1) is 20.3. The molecule has 0 amide bonds. The van der Waals surface area contributed by atoms with Crippen molar-refractivity contribution in [1.82, 2.24) is 24.9 Å². The lowest BCUT2D eigenvalue weighted by molar-refractivity contribution is 0.134. The topological polar surface area (TPSA) is 89.8 Å². The fraction of sp³-hybridized carbons (Fsp3) is 0.182. The number of hydrogen-bond donors (Lipinski definition) is 2. The molecular formula is C22H22FN7O. The first-order chi connectivity index (χ1) is 15.0. The quantitative estimate of drug-likeness (QED) is 0.465. The minimum atomic E-state index is -0.267. The summed E-state index contributed by atoms with van der Waals surface area (Å²) in [5, 5.41) is 10.7. The molecule has 1 aromatic carbocycles. The maximum absolute atomic E-state index is 13.3. The maximum atomic E-state index is 13.3. The Bertz CT molecular complexity index is 1160. The normalized spacial score (nSPS) is 11.7. The van der Waals surface area contributed by atoms with Gasteiger partial charge in [-0.1, -0.05) is 12.1 Å². The van der Waals surface area contributed by atoms with Gasteiger partial charge in [0.25, 0.3) is 0 Å². The van der Waals surface area contributed by atoms with Crippen molar-refractivity contribution < 1.29 is 9.23 Å². The number of nitrogens with one attached hydrogen (secondary N) is 2. The number of anilines is 3. The molecule has 1 atom stereocenters. The molecule has 0 aliphatic rings. The summed E-state index contributed by atoms with van der Waals surface area (Å²) in [6.07, 6.45) is 6.82. The zero-order valence-electron chi connectivity index (χ0n) is 17.4. The van der Waals surface area contributed by atoms with Crippen molar-refractivity contribution in [3.8, 4) is 11.1 Å². The van der Waals surface area contributed by atoms with Gasteiger partial charge in [-0.25, -0.2) is 14.4 Å². The van der Waals surface area contributed by atoms with Crippen LogP contribution < -0.4 is 15.5 Å². The Morgan fingerprint density at radius 1 is 0.968 bits per heavy atom. The predicted octanol–water partition coefficient (Wildman–Crippen LogP) is 4.16. The number of pyridine rings is 1. The standard InChI is InChI=1S/C22H22FN7O/c1-14-10-25-22(12-24-14)29-21-9-17(18-11-26-30(13-18)31-3)8-20(28-21)27-15(2)16-4-6-19(23)7-5-16/h4-13,15H,1-3H3,(H2,25,27,28,29)/t15-/m0/s1. The van der Waals surface area contributed by atoms with Crippen molar-refractivity contribution in [2.24, 2.45) is 0 Å². The zero-order valence-corrected chi connectivity index (χ0v) is 17.4. The van der Waals surface area contributed by atoms with E-state index in [1.54, 1.807) is 44.0 Å². The number of halogens is 1. The van der Waals surface area contributed by atoms with E-state index in [2.05, 4.69) is 30.7 Å². The molecule has 2 N–H and O–H groups in total. The van der Waals surface area contributed by atoms with Crippen molar-refractivity contribution in [3.63, 3.8) is 0 Å². The molecule has 0 aliphatic carbocycles. The highest BCUT2D eigenvalue weighted by atomic mass is 19.1. The highest BCUT2D eigenvalue weighted by Gasteiger charge is 2.12. The molecule has 0 bridgehead atoms. The van der Waals surface area contributed by atoms with Crippen molar-refractivity contribution in [2.45, 2.75) is 19.9 Å². The van der Waals surface area contributed by atoms with Gasteiger partial charge in [-0.15, -0.1) is 9.94 Å². The molecule has 9 heteroatoms. The molecule has 0 unspecified atom stereocenters. The average molecular weight is 419 g/mol. The summed E-state index contributed by atoms with van der Waals surface area (Å²) in [7, 11) is 1.55. The van der Waals surface area contributed by atoms with E-state index in [4.69, 9.17) is 4.84 Å². The first-order valence-electron chi connectivity index (χ1n) is 9.69. The molecule has 3 aromatic heterocycles. The molecule has 0 radical (unpaired) electrons. The molecule has 158 valence electrons. The van der Waals surface area contributed by atoms with Crippen LogP contribution in [-0.2, 0) is 0 Å². The van der Waals surface area contributed by atoms with E-state index in [0.29, 0.717) is 17.5 Å². The van der Waals surface area contributed by atoms with Crippen LogP contribution >= 0.6 is 0 Å². The van der Waals surface area contributed by atoms with E-state index in [1.807, 2.05) is 26.0 Å². The average Bonchev–Trinajstić information content (AvgIpc) is 3.25. The molecule has 0 saturated carbocycles. The van der Waals surface area contributed by atoms with Gasteiger partial charge in [-0.2, -0.15) is 0 Å². The van der Waals surface area contributed by atoms with Crippen LogP contribution in [0.15, 0.2) is 61.2 Å². The smallest absolute Gasteiger partial charge is 0.150 e. The molecule has 31 heavy (non-hydrogen) atoms. The summed E-state index contributed by atoms with van der Waals surface area (Å²) in [6, 6.07) is 10.1. The van der Waals surface area contributed by atoms with Gasteiger partial charge < -0.3 is 15.5 Å². The van der Waals surface area contributed by atoms with Gasteiger partial charge in [0.1, 0.15) is 30.4 Å². The Kier molecular flexibility index (Phi) is 5.74. The first-order valence-corrected chi connectivity index (χ1v) is 9.69. The van der Waals surface area contributed by atoms with Crippen molar-refractivity contribution in [1.29, 1.82) is 0 Å². The lowest BCUT2D eigenvalue weighted by Crippen LogP contribution is -2.09. The van der Waals surface area contributed by atoms with E-state index in [9.17, 15) is 4.39 Å². The molecule has 0 saturated heterocycles. The van der Waals surface area contributed by atoms with Crippen LogP contribution in [-0.4, -0.2) is 32.0 Å². The van der Waals surface area contributed by atoms with Crippen molar-refractivity contribution in [3.05, 3.63) is 78.3 Å². The van der Waals surface area contributed by atoms with Gasteiger partial charge in [0.05, 0.1) is 30.5 Å². The van der Waals surface area contributed by atoms with E-state index >= 15 is 0 Å². The molecule has 0 aliphatic heterocycles. The van der Waals surface area contributed by atoms with Crippen LogP contribution in [0.3, 0.4) is 0 Å². The van der Waals surface area contributed by atoms with Crippen LogP contribution in [0.25, 0.3) is 11.1 Å². The second-order valence-corrected chi connectivity index (χ2v) is 7.03. The summed E-state index contributed by atoms with van der Waals surface area (Å²) >= 11 is 0. The van der Waals surface area contributed by atoms with Crippen LogP contribution in [0, 0.1) is 12.7 Å². The number of aryl methyl sites for hydroxylation is 1. The highest BCUT2D eigenvalue weighted by molar-refractivity contribution is 5.71. The Hall–Kier alpha value is -4.01. The number of benzene rings is 1. The van der Waals surface area contributed by atoms with E-state index in [-0.39, 0.29) is 11.9 Å². The molecular weight excluding hydrogens is 397 g/mol. The number of rotatable bonds is 7. The van der Waals surface area contributed by atoms with Crippen LogP contribution in [0.5, 0.6) is 0 Å². The van der Waals surface area contributed by atoms with Gasteiger partial charge in [-0.05, 0) is 49.2 Å². The third kappa shape index (κ3) is 4.95. The number of aromatic nitrogens is 5. The third-order valence-corrected chi connectivity index (χ3v) is 4.68. The molecule has 4 rings (SSSR count). The second-order valence-electron chi connectivity index (χ2n) is 7.03. The van der Waals surface area contributed by atoms with Gasteiger partial charge in [-0.3, -0.25) is 4.98 Å². The van der Waals surface area contributed by atoms with Crippen LogP contribution in [0.4, 0.5) is 21.8 Å². The SMILES string of the molecule is COn1cc(-c2cc(Nc3cnc(C)cn3)nc(N[C@@H](C)c3ccc(F)cc3)c2)cn1. The maximum Gasteiger partial charge on any atom is 0.150 e. The fourth-order valence-electron chi connectivity index (χ4n) is 3.03. The number of nitrogens with zero attached hydrogens (tertiary/aromatic N) is 5. The van der Waals surface area contributed by atoms with Gasteiger partial charge in [0, 0.05) is 11.6 Å². The summed E-state index contributed by atoms with van der Waals surface area (Å²) in [6.45, 7) is 3.87. The monoisotopic (exact) mass is 419 g/mol. The molecule has 0 spiro atoms. The Balaban J connectivity index is 1.66. The lowest BCUT2D eigenvalue weighted by Gasteiger charge is -2.17. The van der Waals surface area contributed by atoms with Gasteiger partial charge >= 0.3 is 0 Å². The highest BCUT2D eigenvalue weighted by Crippen LogP contribution is 2.28. The summed E-state index contributed by atoms with van der Waals surface area (Å²) in [4.78, 5) is 19.8. The summed E-state index contributed by atoms with van der Waals surface area (Å²) in [5.74, 6) is 1.55. The van der Waals surface area contributed by atoms with Crippen LogP contribution in [0.1, 0.15) is 24.2 Å². The Labute approximate surface area is 179 Å². The van der Waals surface area contributed by atoms with Gasteiger partial charge in [0.15, 0.2) is 0 Å². The second kappa shape index (κ2) is 8.78. The Morgan fingerprint density at radius 3 is 2.42 bits per heavy atom. The van der Waals surface area contributed by atoms with E-state index in [0.717, 1.165) is 22.4 Å². The third-order valence-electron chi connectivity index (χ3n) is 4.68.